The molecule has 0 saturated carbocycles. The average molecular weight is 235 g/mol. The summed E-state index contributed by atoms with van der Waals surface area (Å²) >= 11 is 0. The fraction of sp³-hybridized carbons (Fsp3) is 0.545. The van der Waals surface area contributed by atoms with E-state index in [9.17, 15) is 4.79 Å². The van der Waals surface area contributed by atoms with Gasteiger partial charge in [-0.3, -0.25) is 9.48 Å². The Hall–Kier alpha value is -1.87. The van der Waals surface area contributed by atoms with Crippen molar-refractivity contribution in [3.63, 3.8) is 0 Å². The van der Waals surface area contributed by atoms with E-state index in [4.69, 9.17) is 5.26 Å². The van der Waals surface area contributed by atoms with Crippen LogP contribution in [0.4, 0.5) is 0 Å². The van der Waals surface area contributed by atoms with Crippen LogP contribution in [-0.4, -0.2) is 29.3 Å². The van der Waals surface area contributed by atoms with Crippen LogP contribution in [0.25, 0.3) is 0 Å². The van der Waals surface area contributed by atoms with Crippen LogP contribution in [0, 0.1) is 25.2 Å². The molecule has 17 heavy (non-hydrogen) atoms. The van der Waals surface area contributed by atoms with Crippen molar-refractivity contribution >= 4 is 5.91 Å². The molecular formula is C11H17N5O. The van der Waals surface area contributed by atoms with Gasteiger partial charge in [0.05, 0.1) is 11.8 Å². The number of amides is 1. The van der Waals surface area contributed by atoms with Crippen LogP contribution in [0.5, 0.6) is 0 Å². The minimum atomic E-state index is -0.201. The van der Waals surface area contributed by atoms with E-state index in [1.54, 1.807) is 4.68 Å². The lowest BCUT2D eigenvalue weighted by Crippen LogP contribution is -2.28. The zero-order chi connectivity index (χ0) is 12.8. The molecule has 0 unspecified atom stereocenters. The van der Waals surface area contributed by atoms with Gasteiger partial charge in [0.2, 0.25) is 5.91 Å². The van der Waals surface area contributed by atoms with Gasteiger partial charge >= 0.3 is 0 Å². The van der Waals surface area contributed by atoms with Gasteiger partial charge in [-0.2, -0.15) is 10.4 Å². The minimum Gasteiger partial charge on any atom is -0.341 e. The summed E-state index contributed by atoms with van der Waals surface area (Å²) < 4.78 is 1.66. The third kappa shape index (κ3) is 3.29. The number of nitrogens with zero attached hydrogens (tertiary/aromatic N) is 3. The first kappa shape index (κ1) is 13.2. The quantitative estimate of drug-likeness (QED) is 0.696. The Labute approximate surface area is 101 Å². The number of carbonyl (C=O) groups excluding carboxylic acids is 1. The molecule has 0 saturated heterocycles. The van der Waals surface area contributed by atoms with Crippen LogP contribution in [0.2, 0.25) is 0 Å². The highest BCUT2D eigenvalue weighted by Crippen LogP contribution is 2.12. The highest BCUT2D eigenvalue weighted by molar-refractivity contribution is 5.75. The fourth-order valence-electron chi connectivity index (χ4n) is 1.65. The highest BCUT2D eigenvalue weighted by atomic mass is 16.2. The minimum absolute atomic E-state index is 0.0293. The van der Waals surface area contributed by atoms with Crippen molar-refractivity contribution in [3.8, 4) is 6.07 Å². The van der Waals surface area contributed by atoms with Crippen molar-refractivity contribution < 1.29 is 4.79 Å². The van der Waals surface area contributed by atoms with Gasteiger partial charge in [0.15, 0.2) is 0 Å². The Bertz CT molecular complexity index is 443. The van der Waals surface area contributed by atoms with Crippen LogP contribution in [0.1, 0.15) is 17.0 Å². The smallest absolute Gasteiger partial charge is 0.242 e. The molecule has 1 heterocycles. The molecule has 6 heteroatoms. The molecule has 1 aromatic rings. The van der Waals surface area contributed by atoms with E-state index in [2.05, 4.69) is 15.7 Å². The molecule has 2 N–H and O–H groups in total. The predicted molar refractivity (Wildman–Crippen MR) is 63.1 cm³/mol. The molecule has 6 nitrogen and oxygen atoms in total. The van der Waals surface area contributed by atoms with Crippen LogP contribution < -0.4 is 10.6 Å². The summed E-state index contributed by atoms with van der Waals surface area (Å²) in [5, 5.41) is 18.2. The molecule has 0 bridgehead atoms. The molecule has 0 aliphatic rings. The molecule has 0 radical (unpaired) electrons. The van der Waals surface area contributed by atoms with Crippen LogP contribution >= 0.6 is 0 Å². The lowest BCUT2D eigenvalue weighted by atomic mass is 10.2. The van der Waals surface area contributed by atoms with E-state index in [0.717, 1.165) is 23.5 Å². The first-order valence-electron chi connectivity index (χ1n) is 5.41. The molecule has 1 aromatic heterocycles. The molecule has 0 aliphatic carbocycles. The largest absolute Gasteiger partial charge is 0.341 e. The van der Waals surface area contributed by atoms with E-state index in [1.165, 1.54) is 0 Å². The summed E-state index contributed by atoms with van der Waals surface area (Å²) in [6, 6.07) is 1.86. The van der Waals surface area contributed by atoms with Crippen molar-refractivity contribution in [3.05, 3.63) is 17.0 Å². The molecule has 0 atom stereocenters. The van der Waals surface area contributed by atoms with Gasteiger partial charge in [-0.1, -0.05) is 0 Å². The van der Waals surface area contributed by atoms with Gasteiger partial charge in [-0.25, -0.2) is 0 Å². The van der Waals surface area contributed by atoms with Crippen molar-refractivity contribution in [1.29, 1.82) is 5.26 Å². The summed E-state index contributed by atoms with van der Waals surface area (Å²) in [4.78, 5) is 11.5. The topological polar surface area (TPSA) is 82.7 Å². The molecule has 1 rings (SSSR count). The van der Waals surface area contributed by atoms with E-state index in [1.807, 2.05) is 27.0 Å². The number of aromatic nitrogens is 2. The Balaban J connectivity index is 2.76. The Morgan fingerprint density at radius 2 is 2.24 bits per heavy atom. The maximum absolute atomic E-state index is 11.5. The second kappa shape index (κ2) is 6.01. The van der Waals surface area contributed by atoms with E-state index < -0.39 is 0 Å². The zero-order valence-corrected chi connectivity index (χ0v) is 10.4. The van der Waals surface area contributed by atoms with E-state index in [-0.39, 0.29) is 19.0 Å². The first-order chi connectivity index (χ1) is 8.10. The van der Waals surface area contributed by atoms with Gasteiger partial charge < -0.3 is 10.6 Å². The number of hydrogen-bond acceptors (Lipinski definition) is 4. The molecular weight excluding hydrogens is 218 g/mol. The molecule has 0 aromatic carbocycles. The van der Waals surface area contributed by atoms with Gasteiger partial charge in [-0.15, -0.1) is 0 Å². The standard InChI is InChI=1S/C11H17N5O/c1-8-10(6-13-3)9(2)16(15-8)7-11(17)14-5-4-12/h13H,5-7H2,1-3H3,(H,14,17). The van der Waals surface area contributed by atoms with Gasteiger partial charge in [-0.05, 0) is 20.9 Å². The second-order valence-corrected chi connectivity index (χ2v) is 3.77. The lowest BCUT2D eigenvalue weighted by Gasteiger charge is -2.05. The third-order valence-electron chi connectivity index (χ3n) is 2.54. The predicted octanol–water partition coefficient (Wildman–Crippen LogP) is -0.141. The number of hydrogen-bond donors (Lipinski definition) is 2. The Morgan fingerprint density at radius 1 is 1.53 bits per heavy atom. The molecule has 0 spiro atoms. The van der Waals surface area contributed by atoms with Crippen LogP contribution in [0.3, 0.4) is 0 Å². The average Bonchev–Trinajstić information content (AvgIpc) is 2.55. The van der Waals surface area contributed by atoms with Crippen molar-refractivity contribution in [2.45, 2.75) is 26.9 Å². The first-order valence-corrected chi connectivity index (χ1v) is 5.41. The van der Waals surface area contributed by atoms with Crippen molar-refractivity contribution in [2.24, 2.45) is 0 Å². The molecule has 1 amide bonds. The van der Waals surface area contributed by atoms with Crippen molar-refractivity contribution in [2.75, 3.05) is 13.6 Å². The van der Waals surface area contributed by atoms with Gasteiger partial charge in [0.25, 0.3) is 0 Å². The fourth-order valence-corrected chi connectivity index (χ4v) is 1.65. The van der Waals surface area contributed by atoms with Crippen LogP contribution in [-0.2, 0) is 17.9 Å². The van der Waals surface area contributed by atoms with Crippen LogP contribution in [0.15, 0.2) is 0 Å². The molecule has 0 fully saturated rings. The monoisotopic (exact) mass is 235 g/mol. The van der Waals surface area contributed by atoms with E-state index >= 15 is 0 Å². The lowest BCUT2D eigenvalue weighted by molar-refractivity contribution is -0.121. The third-order valence-corrected chi connectivity index (χ3v) is 2.54. The maximum atomic E-state index is 11.5. The second-order valence-electron chi connectivity index (χ2n) is 3.77. The molecule has 0 aliphatic heterocycles. The normalized spacial score (nSPS) is 10.0. The number of rotatable bonds is 5. The van der Waals surface area contributed by atoms with E-state index in [0.29, 0.717) is 0 Å². The number of carbonyl (C=O) groups is 1. The SMILES string of the molecule is CNCc1c(C)nn(CC(=O)NCC#N)c1C. The summed E-state index contributed by atoms with van der Waals surface area (Å²) in [5.41, 5.74) is 3.01. The highest BCUT2D eigenvalue weighted by Gasteiger charge is 2.12. The summed E-state index contributed by atoms with van der Waals surface area (Å²) in [7, 11) is 1.87. The van der Waals surface area contributed by atoms with Gasteiger partial charge in [0.1, 0.15) is 13.1 Å². The maximum Gasteiger partial charge on any atom is 0.242 e. The Morgan fingerprint density at radius 3 is 2.82 bits per heavy atom. The van der Waals surface area contributed by atoms with Crippen molar-refractivity contribution in [1.82, 2.24) is 20.4 Å². The zero-order valence-electron chi connectivity index (χ0n) is 10.4. The summed E-state index contributed by atoms with van der Waals surface area (Å²) in [6.07, 6.45) is 0. The summed E-state index contributed by atoms with van der Waals surface area (Å²) in [5.74, 6) is -0.201. The number of aryl methyl sites for hydroxylation is 1. The Kier molecular flexibility index (Phi) is 4.67. The number of nitrogens with one attached hydrogen (secondary N) is 2. The molecule has 92 valence electrons. The number of nitriles is 1. The summed E-state index contributed by atoms with van der Waals surface area (Å²) in [6.45, 7) is 4.77. The van der Waals surface area contributed by atoms with Gasteiger partial charge in [0, 0.05) is 17.8 Å².